The predicted octanol–water partition coefficient (Wildman–Crippen LogP) is 0.235. The normalized spacial score (nSPS) is 9.44. The molecule has 0 aromatic carbocycles. The molecule has 0 radical (unpaired) electrons. The van der Waals surface area contributed by atoms with Gasteiger partial charge in [0, 0.05) is 11.5 Å². The summed E-state index contributed by atoms with van der Waals surface area (Å²) in [4.78, 5) is 4.12. The van der Waals surface area contributed by atoms with Crippen molar-refractivity contribution in [2.24, 2.45) is 0 Å². The summed E-state index contributed by atoms with van der Waals surface area (Å²) >= 11 is 3.34. The molecule has 1 heterocycles. The Labute approximate surface area is 64.0 Å². The zero-order valence-corrected chi connectivity index (χ0v) is 6.85. The molecular formula is C6H7BBrN. The highest BCUT2D eigenvalue weighted by atomic mass is 79.9. The first-order chi connectivity index (χ1) is 4.33. The monoisotopic (exact) mass is 183 g/mol. The average molecular weight is 184 g/mol. The summed E-state index contributed by atoms with van der Waals surface area (Å²) in [5, 5.41) is 0.889. The Balaban J connectivity index is 2.88. The van der Waals surface area contributed by atoms with Crippen LogP contribution in [0.1, 0.15) is 5.56 Å². The first-order valence-electron chi connectivity index (χ1n) is 2.80. The molecule has 0 aliphatic heterocycles. The van der Waals surface area contributed by atoms with Crippen LogP contribution in [0.5, 0.6) is 0 Å². The van der Waals surface area contributed by atoms with Gasteiger partial charge < -0.3 is 0 Å². The number of pyridine rings is 1. The van der Waals surface area contributed by atoms with Crippen molar-refractivity contribution >= 4 is 29.4 Å². The first kappa shape index (κ1) is 6.81. The summed E-state index contributed by atoms with van der Waals surface area (Å²) in [6, 6.07) is 4.08. The molecule has 0 saturated carbocycles. The van der Waals surface area contributed by atoms with Gasteiger partial charge in [-0.05, 0) is 11.2 Å². The highest BCUT2D eigenvalue weighted by Gasteiger charge is 1.87. The van der Waals surface area contributed by atoms with Gasteiger partial charge in [0.15, 0.2) is 7.85 Å². The fourth-order valence-electron chi connectivity index (χ4n) is 0.577. The van der Waals surface area contributed by atoms with E-state index >= 15 is 0 Å². The van der Waals surface area contributed by atoms with Gasteiger partial charge >= 0.3 is 0 Å². The van der Waals surface area contributed by atoms with Crippen LogP contribution in [0.3, 0.4) is 0 Å². The molecule has 0 aliphatic rings. The second-order valence-electron chi connectivity index (χ2n) is 1.94. The topological polar surface area (TPSA) is 12.9 Å². The smallest absolute Gasteiger partial charge is 0.163 e. The lowest BCUT2D eigenvalue weighted by Gasteiger charge is -1.92. The van der Waals surface area contributed by atoms with E-state index in [9.17, 15) is 0 Å². The predicted molar refractivity (Wildman–Crippen MR) is 45.0 cm³/mol. The summed E-state index contributed by atoms with van der Waals surface area (Å²) < 4.78 is 0. The van der Waals surface area contributed by atoms with Crippen molar-refractivity contribution in [2.45, 2.75) is 5.33 Å². The molecule has 0 saturated heterocycles. The summed E-state index contributed by atoms with van der Waals surface area (Å²) in [5.74, 6) is 0. The molecule has 0 spiro atoms. The Morgan fingerprint density at radius 2 is 2.33 bits per heavy atom. The van der Waals surface area contributed by atoms with Gasteiger partial charge in [0.2, 0.25) is 0 Å². The van der Waals surface area contributed by atoms with Crippen molar-refractivity contribution in [3.8, 4) is 0 Å². The average Bonchev–Trinajstić information content (AvgIpc) is 1.90. The van der Waals surface area contributed by atoms with Crippen LogP contribution in [0.2, 0.25) is 0 Å². The largest absolute Gasteiger partial charge is 0.272 e. The van der Waals surface area contributed by atoms with E-state index in [0.717, 1.165) is 10.9 Å². The maximum atomic E-state index is 4.12. The number of rotatable bonds is 1. The van der Waals surface area contributed by atoms with Gasteiger partial charge in [-0.3, -0.25) is 4.98 Å². The molecule has 0 aliphatic carbocycles. The van der Waals surface area contributed by atoms with E-state index in [1.807, 2.05) is 20.1 Å². The number of hydrogen-bond acceptors (Lipinski definition) is 1. The number of aromatic nitrogens is 1. The van der Waals surface area contributed by atoms with Gasteiger partial charge in [-0.25, -0.2) is 0 Å². The highest BCUT2D eigenvalue weighted by Crippen LogP contribution is 1.99. The summed E-state index contributed by atoms with van der Waals surface area (Å²) in [6.07, 6.45) is 1.88. The van der Waals surface area contributed by atoms with Crippen LogP contribution in [0, 0.1) is 0 Å². The molecule has 1 aromatic rings. The lowest BCUT2D eigenvalue weighted by Crippen LogP contribution is -2.06. The first-order valence-corrected chi connectivity index (χ1v) is 3.92. The maximum absolute atomic E-state index is 4.12. The van der Waals surface area contributed by atoms with Crippen molar-refractivity contribution in [2.75, 3.05) is 0 Å². The van der Waals surface area contributed by atoms with Gasteiger partial charge in [-0.1, -0.05) is 28.1 Å². The van der Waals surface area contributed by atoms with Crippen LogP contribution in [-0.2, 0) is 5.33 Å². The van der Waals surface area contributed by atoms with E-state index in [-0.39, 0.29) is 0 Å². The molecule has 1 nitrogen and oxygen atoms in total. The van der Waals surface area contributed by atoms with E-state index in [1.54, 1.807) is 0 Å². The molecule has 3 heteroatoms. The lowest BCUT2D eigenvalue weighted by atomic mass is 10.0. The number of halogens is 1. The van der Waals surface area contributed by atoms with Crippen LogP contribution in [-0.4, -0.2) is 12.8 Å². The molecular weight excluding hydrogens is 177 g/mol. The van der Waals surface area contributed by atoms with E-state index in [2.05, 4.69) is 27.0 Å². The second kappa shape index (κ2) is 3.02. The molecule has 1 rings (SSSR count). The Morgan fingerprint density at radius 3 is 2.78 bits per heavy atom. The summed E-state index contributed by atoms with van der Waals surface area (Å²) in [6.45, 7) is 0. The van der Waals surface area contributed by atoms with Gasteiger partial charge in [-0.2, -0.15) is 0 Å². The third kappa shape index (κ3) is 1.82. The van der Waals surface area contributed by atoms with Crippen LogP contribution in [0.4, 0.5) is 0 Å². The van der Waals surface area contributed by atoms with Crippen molar-refractivity contribution in [1.82, 2.24) is 4.98 Å². The van der Waals surface area contributed by atoms with Crippen molar-refractivity contribution in [3.05, 3.63) is 23.9 Å². The minimum Gasteiger partial charge on any atom is -0.272 e. The lowest BCUT2D eigenvalue weighted by molar-refractivity contribution is 1.30. The second-order valence-corrected chi connectivity index (χ2v) is 2.50. The third-order valence-corrected chi connectivity index (χ3v) is 1.77. The minimum atomic E-state index is 0.889. The minimum absolute atomic E-state index is 0.889. The van der Waals surface area contributed by atoms with Gasteiger partial charge in [0.05, 0.1) is 0 Å². The molecule has 0 unspecified atom stereocenters. The Morgan fingerprint density at radius 1 is 1.56 bits per heavy atom. The molecule has 0 N–H and O–H groups in total. The number of nitrogens with zero attached hydrogens (tertiary/aromatic N) is 1. The molecule has 1 aromatic heterocycles. The van der Waals surface area contributed by atoms with Crippen molar-refractivity contribution in [3.63, 3.8) is 0 Å². The molecule has 0 amide bonds. The Bertz CT molecular complexity index is 185. The Kier molecular flexibility index (Phi) is 2.28. The van der Waals surface area contributed by atoms with E-state index in [4.69, 9.17) is 0 Å². The third-order valence-electron chi connectivity index (χ3n) is 1.13. The fourth-order valence-corrected chi connectivity index (χ4v) is 0.909. The van der Waals surface area contributed by atoms with E-state index < -0.39 is 0 Å². The molecule has 0 fully saturated rings. The zero-order valence-electron chi connectivity index (χ0n) is 5.26. The van der Waals surface area contributed by atoms with Crippen LogP contribution < -0.4 is 5.59 Å². The standard InChI is InChI=1S/C6H7BBrN/c7-6-2-1-5(3-8)4-9-6/h1-2,4H,3,7H2. The number of hydrogen-bond donors (Lipinski definition) is 0. The van der Waals surface area contributed by atoms with Crippen molar-refractivity contribution in [1.29, 1.82) is 0 Å². The summed E-state index contributed by atoms with van der Waals surface area (Å²) in [5.41, 5.74) is 2.29. The molecule has 0 atom stereocenters. The van der Waals surface area contributed by atoms with Crippen LogP contribution >= 0.6 is 15.9 Å². The zero-order chi connectivity index (χ0) is 6.69. The SMILES string of the molecule is Bc1ccc(CBr)cn1. The highest BCUT2D eigenvalue weighted by molar-refractivity contribution is 9.08. The fraction of sp³-hybridized carbons (Fsp3) is 0.167. The van der Waals surface area contributed by atoms with Crippen LogP contribution in [0.15, 0.2) is 18.3 Å². The van der Waals surface area contributed by atoms with Crippen molar-refractivity contribution < 1.29 is 0 Å². The van der Waals surface area contributed by atoms with Gasteiger partial charge in [0.25, 0.3) is 0 Å². The number of alkyl halides is 1. The molecule has 0 bridgehead atoms. The van der Waals surface area contributed by atoms with Gasteiger partial charge in [-0.15, -0.1) is 0 Å². The Hall–Kier alpha value is -0.305. The maximum Gasteiger partial charge on any atom is 0.163 e. The van der Waals surface area contributed by atoms with E-state index in [0.29, 0.717) is 0 Å². The van der Waals surface area contributed by atoms with Crippen LogP contribution in [0.25, 0.3) is 0 Å². The molecule has 46 valence electrons. The van der Waals surface area contributed by atoms with E-state index in [1.165, 1.54) is 5.56 Å². The quantitative estimate of drug-likeness (QED) is 0.449. The molecule has 9 heavy (non-hydrogen) atoms. The van der Waals surface area contributed by atoms with Gasteiger partial charge in [0.1, 0.15) is 0 Å². The summed E-state index contributed by atoms with van der Waals surface area (Å²) in [7, 11) is 1.98.